The van der Waals surface area contributed by atoms with Crippen molar-refractivity contribution >= 4 is 0 Å². The number of rotatable bonds is 0. The van der Waals surface area contributed by atoms with Crippen LogP contribution in [0.5, 0.6) is 0 Å². The Labute approximate surface area is 73.0 Å². The van der Waals surface area contributed by atoms with Gasteiger partial charge in [-0.3, -0.25) is 0 Å². The van der Waals surface area contributed by atoms with Crippen molar-refractivity contribution in [2.75, 3.05) is 13.2 Å². The molecular weight excluding hydrogens is 156 g/mol. The molecular formula is C9H16O3. The lowest BCUT2D eigenvalue weighted by Crippen LogP contribution is -2.28. The lowest BCUT2D eigenvalue weighted by atomic mass is 10.0. The summed E-state index contributed by atoms with van der Waals surface area (Å²) in [4.78, 5) is 0. The summed E-state index contributed by atoms with van der Waals surface area (Å²) in [5, 5.41) is 9.27. The number of fused-ring (bicyclic) bond motifs is 1. The van der Waals surface area contributed by atoms with E-state index in [-0.39, 0.29) is 12.2 Å². The monoisotopic (exact) mass is 172 g/mol. The molecule has 0 amide bonds. The van der Waals surface area contributed by atoms with Crippen molar-refractivity contribution in [3.63, 3.8) is 0 Å². The summed E-state index contributed by atoms with van der Waals surface area (Å²) in [6, 6.07) is 0. The minimum atomic E-state index is -0.394. The summed E-state index contributed by atoms with van der Waals surface area (Å²) in [7, 11) is 0. The van der Waals surface area contributed by atoms with E-state index in [1.807, 2.05) is 0 Å². The van der Waals surface area contributed by atoms with Gasteiger partial charge in [0.2, 0.25) is 0 Å². The predicted molar refractivity (Wildman–Crippen MR) is 45.9 cm³/mol. The predicted octanol–water partition coefficient (Wildman–Crippen LogP) is 0.583. The van der Waals surface area contributed by atoms with Gasteiger partial charge in [-0.05, 0) is 0 Å². The molecule has 2 saturated heterocycles. The van der Waals surface area contributed by atoms with Crippen LogP contribution in [0.4, 0.5) is 0 Å². The molecule has 12 heavy (non-hydrogen) atoms. The van der Waals surface area contributed by atoms with E-state index < -0.39 is 6.10 Å². The minimum absolute atomic E-state index is 0.0463. The lowest BCUT2D eigenvalue weighted by molar-refractivity contribution is 0.0173. The quantitative estimate of drug-likeness (QED) is 0.543. The van der Waals surface area contributed by atoms with E-state index in [2.05, 4.69) is 20.1 Å². The van der Waals surface area contributed by atoms with Crippen molar-refractivity contribution in [1.29, 1.82) is 0 Å². The Hall–Kier alpha value is -0.380. The molecule has 4 atom stereocenters. The lowest BCUT2D eigenvalue weighted by Gasteiger charge is -2.10. The number of aliphatic hydroxyl groups excluding tert-OH is 1. The molecule has 2 aliphatic heterocycles. The molecule has 70 valence electrons. The van der Waals surface area contributed by atoms with Gasteiger partial charge in [0.25, 0.3) is 0 Å². The Morgan fingerprint density at radius 2 is 1.75 bits per heavy atom. The molecule has 0 aromatic heterocycles. The molecule has 0 saturated carbocycles. The van der Waals surface area contributed by atoms with Crippen molar-refractivity contribution in [1.82, 2.24) is 0 Å². The highest BCUT2D eigenvalue weighted by molar-refractivity contribution is 4.92. The fourth-order valence-corrected chi connectivity index (χ4v) is 1.67. The van der Waals surface area contributed by atoms with Gasteiger partial charge >= 0.3 is 0 Å². The molecule has 0 aliphatic carbocycles. The molecule has 3 nitrogen and oxygen atoms in total. The average Bonchev–Trinajstić information content (AvgIpc) is 2.62. The van der Waals surface area contributed by atoms with Crippen molar-refractivity contribution in [3.05, 3.63) is 13.2 Å². The van der Waals surface area contributed by atoms with Crippen molar-refractivity contribution in [3.8, 4) is 0 Å². The van der Waals surface area contributed by atoms with Crippen LogP contribution >= 0.6 is 0 Å². The van der Waals surface area contributed by atoms with Crippen LogP contribution in [0.3, 0.4) is 0 Å². The zero-order valence-corrected chi connectivity index (χ0v) is 7.40. The topological polar surface area (TPSA) is 38.7 Å². The van der Waals surface area contributed by atoms with Crippen LogP contribution in [0.25, 0.3) is 0 Å². The van der Waals surface area contributed by atoms with E-state index in [0.717, 1.165) is 6.61 Å². The first-order chi connectivity index (χ1) is 5.79. The van der Waals surface area contributed by atoms with Crippen molar-refractivity contribution < 1.29 is 14.6 Å². The Morgan fingerprint density at radius 1 is 1.17 bits per heavy atom. The highest BCUT2D eigenvalue weighted by Gasteiger charge is 2.44. The third-order valence-corrected chi connectivity index (χ3v) is 2.27. The molecule has 0 spiro atoms. The minimum Gasteiger partial charge on any atom is -0.388 e. The maximum atomic E-state index is 9.27. The van der Waals surface area contributed by atoms with Crippen LogP contribution in [-0.2, 0) is 9.47 Å². The number of ether oxygens (including phenoxy) is 2. The second kappa shape index (κ2) is 4.03. The van der Waals surface area contributed by atoms with Crippen LogP contribution in [0, 0.1) is 5.92 Å². The molecule has 1 unspecified atom stereocenters. The molecule has 2 heterocycles. The maximum Gasteiger partial charge on any atom is 0.112 e. The molecule has 2 aliphatic rings. The van der Waals surface area contributed by atoms with Gasteiger partial charge in [0, 0.05) is 5.92 Å². The van der Waals surface area contributed by atoms with E-state index in [0.29, 0.717) is 12.5 Å². The second-order valence-corrected chi connectivity index (χ2v) is 3.14. The zero-order valence-electron chi connectivity index (χ0n) is 7.40. The highest BCUT2D eigenvalue weighted by atomic mass is 16.6. The van der Waals surface area contributed by atoms with Gasteiger partial charge in [0.05, 0.1) is 19.3 Å². The van der Waals surface area contributed by atoms with Crippen LogP contribution in [0.1, 0.15) is 6.92 Å². The van der Waals surface area contributed by atoms with Crippen molar-refractivity contribution in [2.24, 2.45) is 5.92 Å². The van der Waals surface area contributed by atoms with Gasteiger partial charge in [-0.1, -0.05) is 6.92 Å². The SMILES string of the molecule is C=C.C[C@@H]1CO[C@@H]2C(O)CO[C@H]12. The Morgan fingerprint density at radius 3 is 2.33 bits per heavy atom. The average molecular weight is 172 g/mol. The number of aliphatic hydroxyl groups is 1. The number of hydrogen-bond donors (Lipinski definition) is 1. The first kappa shape index (κ1) is 9.71. The summed E-state index contributed by atoms with van der Waals surface area (Å²) in [6.07, 6.45) is -0.292. The third-order valence-electron chi connectivity index (χ3n) is 2.27. The molecule has 1 N–H and O–H groups in total. The Balaban J connectivity index is 0.000000336. The van der Waals surface area contributed by atoms with E-state index in [1.165, 1.54) is 0 Å². The van der Waals surface area contributed by atoms with Gasteiger partial charge < -0.3 is 14.6 Å². The van der Waals surface area contributed by atoms with E-state index in [4.69, 9.17) is 9.47 Å². The smallest absolute Gasteiger partial charge is 0.112 e. The van der Waals surface area contributed by atoms with Gasteiger partial charge in [-0.2, -0.15) is 0 Å². The second-order valence-electron chi connectivity index (χ2n) is 3.14. The molecule has 2 rings (SSSR count). The first-order valence-corrected chi connectivity index (χ1v) is 4.20. The summed E-state index contributed by atoms with van der Waals surface area (Å²) in [6.45, 7) is 9.26. The molecule has 0 radical (unpaired) electrons. The molecule has 3 heteroatoms. The van der Waals surface area contributed by atoms with Crippen LogP contribution in [0.2, 0.25) is 0 Å². The Bertz CT molecular complexity index is 133. The third kappa shape index (κ3) is 1.53. The van der Waals surface area contributed by atoms with E-state index in [1.54, 1.807) is 0 Å². The Kier molecular flexibility index (Phi) is 3.26. The summed E-state index contributed by atoms with van der Waals surface area (Å²) < 4.78 is 10.7. The first-order valence-electron chi connectivity index (χ1n) is 4.20. The molecule has 0 aromatic carbocycles. The van der Waals surface area contributed by atoms with E-state index >= 15 is 0 Å². The van der Waals surface area contributed by atoms with Crippen molar-refractivity contribution in [2.45, 2.75) is 25.2 Å². The summed E-state index contributed by atoms with van der Waals surface area (Å²) in [5.74, 6) is 0.446. The standard InChI is InChI=1S/C7H12O3.C2H4/c1-4-2-9-7-5(8)3-10-6(4)7;1-2/h4-8H,2-3H2,1H3;1-2H2/t4-,5?,6-,7-;/m1./s1. The van der Waals surface area contributed by atoms with Gasteiger partial charge in [0.1, 0.15) is 12.2 Å². The number of hydrogen-bond acceptors (Lipinski definition) is 3. The maximum absolute atomic E-state index is 9.27. The normalized spacial score (nSPS) is 44.8. The molecule has 2 fully saturated rings. The largest absolute Gasteiger partial charge is 0.388 e. The summed E-state index contributed by atoms with van der Waals surface area (Å²) >= 11 is 0. The van der Waals surface area contributed by atoms with Crippen LogP contribution in [0.15, 0.2) is 13.2 Å². The van der Waals surface area contributed by atoms with Crippen LogP contribution in [-0.4, -0.2) is 36.6 Å². The summed E-state index contributed by atoms with van der Waals surface area (Å²) in [5.41, 5.74) is 0. The highest BCUT2D eigenvalue weighted by Crippen LogP contribution is 2.30. The van der Waals surface area contributed by atoms with Gasteiger partial charge in [0.15, 0.2) is 0 Å². The van der Waals surface area contributed by atoms with E-state index in [9.17, 15) is 5.11 Å². The molecule has 0 bridgehead atoms. The van der Waals surface area contributed by atoms with Gasteiger partial charge in [-0.25, -0.2) is 0 Å². The molecule has 0 aromatic rings. The fourth-order valence-electron chi connectivity index (χ4n) is 1.67. The fraction of sp³-hybridized carbons (Fsp3) is 0.778. The zero-order chi connectivity index (χ0) is 9.14. The van der Waals surface area contributed by atoms with Crippen LogP contribution < -0.4 is 0 Å². The van der Waals surface area contributed by atoms with Gasteiger partial charge in [-0.15, -0.1) is 13.2 Å².